The summed E-state index contributed by atoms with van der Waals surface area (Å²) in [5.74, 6) is -2.21. The number of hydrogen-bond donors (Lipinski definition) is 0. The van der Waals surface area contributed by atoms with E-state index in [0.29, 0.717) is 0 Å². The normalized spacial score (nSPS) is 23.4. The monoisotopic (exact) mass is 290 g/mol. The molecule has 2 heterocycles. The van der Waals surface area contributed by atoms with Crippen LogP contribution in [0.3, 0.4) is 0 Å². The highest BCUT2D eigenvalue weighted by atomic mass is 16.2. The molecule has 0 atom stereocenters. The Morgan fingerprint density at radius 2 is 2.25 bits per heavy atom. The number of aromatic nitrogens is 4. The molecule has 0 aromatic carbocycles. The second-order valence-electron chi connectivity index (χ2n) is 3.79. The SMILES string of the molecule is [2H]C([2H])([2H])C(=O)C([2H])([2H])C([2H])([2H])C([2H])([2H])Cn1c(=O)c2c(ncn2C)n(C([2H])([2H])[2H])c1=O. The smallest absolute Gasteiger partial charge is 0.328 e. The van der Waals surface area contributed by atoms with E-state index in [1.54, 1.807) is 0 Å². The number of carbonyl (C=O) groups excluding carboxylic acids is 1. The lowest BCUT2D eigenvalue weighted by molar-refractivity contribution is -0.117. The summed E-state index contributed by atoms with van der Waals surface area (Å²) in [6, 6.07) is 0. The van der Waals surface area contributed by atoms with Crippen molar-refractivity contribution in [2.75, 3.05) is 0 Å². The zero-order valence-electron chi connectivity index (χ0n) is 22.3. The zero-order chi connectivity index (χ0) is 25.2. The van der Waals surface area contributed by atoms with Gasteiger partial charge in [-0.25, -0.2) is 9.78 Å². The fraction of sp³-hybridized carbons (Fsp3) is 0.538. The predicted molar refractivity (Wildman–Crippen MR) is 74.7 cm³/mol. The quantitative estimate of drug-likeness (QED) is 0.787. The van der Waals surface area contributed by atoms with Gasteiger partial charge in [-0.15, -0.1) is 0 Å². The van der Waals surface area contributed by atoms with Gasteiger partial charge in [0.2, 0.25) is 0 Å². The van der Waals surface area contributed by atoms with Gasteiger partial charge in [-0.2, -0.15) is 0 Å². The largest absolute Gasteiger partial charge is 0.332 e. The molecule has 2 aromatic heterocycles. The number of rotatable bonds is 5. The number of ketones is 1. The van der Waals surface area contributed by atoms with Crippen LogP contribution in [0.4, 0.5) is 0 Å². The van der Waals surface area contributed by atoms with Crippen LogP contribution >= 0.6 is 0 Å². The minimum atomic E-state index is -3.90. The number of fused-ring (bicyclic) bond motifs is 1. The van der Waals surface area contributed by atoms with Crippen LogP contribution in [0.1, 0.15) is 42.4 Å². The lowest BCUT2D eigenvalue weighted by Gasteiger charge is -2.08. The second-order valence-corrected chi connectivity index (χ2v) is 3.79. The highest BCUT2D eigenvalue weighted by molar-refractivity contribution is 5.75. The van der Waals surface area contributed by atoms with E-state index in [4.69, 9.17) is 16.4 Å². The molecule has 0 unspecified atom stereocenters. The molecule has 0 spiro atoms. The Morgan fingerprint density at radius 3 is 2.95 bits per heavy atom. The van der Waals surface area contributed by atoms with E-state index in [1.165, 1.54) is 7.05 Å². The maximum Gasteiger partial charge on any atom is 0.332 e. The number of nitrogens with zero attached hydrogens (tertiary/aromatic N) is 4. The first-order valence-electron chi connectivity index (χ1n) is 11.3. The first kappa shape index (κ1) is 5.31. The molecule has 0 fully saturated rings. The standard InChI is InChI=1S/C13H18N4O3/c1-9(18)6-4-5-7-17-12(19)10-11(14-8-15(10)2)16(3)13(17)20/h8H,4-7H2,1-3H3/i1D3,3D3,4D2,5D2,6D2. The highest BCUT2D eigenvalue weighted by Gasteiger charge is 2.14. The summed E-state index contributed by atoms with van der Waals surface area (Å²) in [6.45, 7) is -8.30. The maximum absolute atomic E-state index is 12.8. The van der Waals surface area contributed by atoms with Gasteiger partial charge < -0.3 is 9.36 Å². The summed E-state index contributed by atoms with van der Waals surface area (Å²) in [4.78, 5) is 41.3. The summed E-state index contributed by atoms with van der Waals surface area (Å²) in [5, 5.41) is 0. The molecule has 0 radical (unpaired) electrons. The Balaban J connectivity index is 2.77. The molecule has 7 heteroatoms. The molecule has 7 nitrogen and oxygen atoms in total. The third-order valence-corrected chi connectivity index (χ3v) is 2.50. The van der Waals surface area contributed by atoms with E-state index in [1.807, 2.05) is 0 Å². The van der Waals surface area contributed by atoms with Crippen LogP contribution in [-0.2, 0) is 25.4 Å². The molecule has 0 amide bonds. The first-order valence-corrected chi connectivity index (χ1v) is 5.31. The minimum Gasteiger partial charge on any atom is -0.328 e. The molecule has 0 saturated heterocycles. The molecule has 0 aliphatic carbocycles. The first-order chi connectivity index (χ1) is 14.1. The van der Waals surface area contributed by atoms with Crippen LogP contribution < -0.4 is 11.2 Å². The van der Waals surface area contributed by atoms with Crippen molar-refractivity contribution >= 4 is 16.9 Å². The molecule has 0 bridgehead atoms. The molecule has 0 aliphatic rings. The molecule has 20 heavy (non-hydrogen) atoms. The van der Waals surface area contributed by atoms with Gasteiger partial charge in [0.25, 0.3) is 5.56 Å². The average molecular weight is 290 g/mol. The third kappa shape index (κ3) is 2.43. The molecule has 0 N–H and O–H groups in total. The van der Waals surface area contributed by atoms with Gasteiger partial charge in [-0.3, -0.25) is 13.9 Å². The summed E-state index contributed by atoms with van der Waals surface area (Å²) >= 11 is 0. The van der Waals surface area contributed by atoms with Crippen LogP contribution in [-0.4, -0.2) is 24.5 Å². The second kappa shape index (κ2) is 5.44. The number of Topliss-reactive ketones (excluding diaryl/α,β-unsaturated/α-hetero) is 1. The van der Waals surface area contributed by atoms with Crippen molar-refractivity contribution in [3.05, 3.63) is 27.2 Å². The highest BCUT2D eigenvalue weighted by Crippen LogP contribution is 2.04. The van der Waals surface area contributed by atoms with E-state index < -0.39 is 67.7 Å². The summed E-state index contributed by atoms with van der Waals surface area (Å²) < 4.78 is 92.1. The number of aryl methyl sites for hydroxylation is 2. The van der Waals surface area contributed by atoms with Crippen molar-refractivity contribution in [1.29, 1.82) is 0 Å². The Hall–Kier alpha value is -2.18. The maximum atomic E-state index is 12.8. The van der Waals surface area contributed by atoms with Gasteiger partial charge in [0, 0.05) is 43.4 Å². The summed E-state index contributed by atoms with van der Waals surface area (Å²) in [6.07, 6.45) is -10.3. The van der Waals surface area contributed by atoms with Crippen LogP contribution in [0.25, 0.3) is 11.2 Å². The van der Waals surface area contributed by atoms with Crippen molar-refractivity contribution in [3.8, 4) is 0 Å². The number of imidazole rings is 1. The number of hydrogen-bond acceptors (Lipinski definition) is 4. The topological polar surface area (TPSA) is 78.9 Å². The van der Waals surface area contributed by atoms with Crippen LogP contribution in [0.2, 0.25) is 0 Å². The van der Waals surface area contributed by atoms with E-state index in [-0.39, 0.29) is 9.13 Å². The van der Waals surface area contributed by atoms with Crippen LogP contribution in [0.5, 0.6) is 0 Å². The van der Waals surface area contributed by atoms with Gasteiger partial charge >= 0.3 is 5.69 Å². The van der Waals surface area contributed by atoms with E-state index in [9.17, 15) is 14.4 Å². The van der Waals surface area contributed by atoms with Gasteiger partial charge in [0.15, 0.2) is 11.2 Å². The van der Waals surface area contributed by atoms with Crippen LogP contribution in [0.15, 0.2) is 15.9 Å². The Bertz CT molecular complexity index is 1180. The molecule has 0 aliphatic heterocycles. The van der Waals surface area contributed by atoms with E-state index in [2.05, 4.69) is 4.98 Å². The van der Waals surface area contributed by atoms with Crippen molar-refractivity contribution in [1.82, 2.24) is 18.7 Å². The van der Waals surface area contributed by atoms with Crippen molar-refractivity contribution in [2.24, 2.45) is 14.0 Å². The lowest BCUT2D eigenvalue weighted by atomic mass is 10.2. The van der Waals surface area contributed by atoms with Gasteiger partial charge in [-0.05, 0) is 19.6 Å². The molecule has 108 valence electrons. The van der Waals surface area contributed by atoms with Crippen LogP contribution in [0, 0.1) is 0 Å². The lowest BCUT2D eigenvalue weighted by Crippen LogP contribution is -2.39. The van der Waals surface area contributed by atoms with Crippen molar-refractivity contribution < 1.29 is 21.2 Å². The fourth-order valence-corrected chi connectivity index (χ4v) is 1.61. The molecule has 2 rings (SSSR count). The summed E-state index contributed by atoms with van der Waals surface area (Å²) in [5.41, 5.74) is -3.79. The zero-order valence-corrected chi connectivity index (χ0v) is 10.3. The van der Waals surface area contributed by atoms with Gasteiger partial charge in [0.1, 0.15) is 5.78 Å². The minimum absolute atomic E-state index is 0.0457. The van der Waals surface area contributed by atoms with E-state index >= 15 is 0 Å². The number of carbonyl (C=O) groups is 1. The Morgan fingerprint density at radius 1 is 1.45 bits per heavy atom. The Kier molecular flexibility index (Phi) is 1.44. The molecular weight excluding hydrogens is 260 g/mol. The Labute approximate surface area is 132 Å². The van der Waals surface area contributed by atoms with Crippen molar-refractivity contribution in [2.45, 2.75) is 32.5 Å². The third-order valence-electron chi connectivity index (χ3n) is 2.50. The molecular formula is C13H18N4O3. The van der Waals surface area contributed by atoms with Gasteiger partial charge in [0.05, 0.1) is 6.33 Å². The average Bonchev–Trinajstić information content (AvgIpc) is 2.96. The fourth-order valence-electron chi connectivity index (χ4n) is 1.61. The molecule has 0 saturated carbocycles. The van der Waals surface area contributed by atoms with E-state index in [0.717, 1.165) is 10.9 Å². The molecule has 2 aromatic rings. The van der Waals surface area contributed by atoms with Gasteiger partial charge in [-0.1, -0.05) is 0 Å². The van der Waals surface area contributed by atoms with Crippen molar-refractivity contribution in [3.63, 3.8) is 0 Å². The predicted octanol–water partition coefficient (Wildman–Crippen LogP) is 0.193. The summed E-state index contributed by atoms with van der Waals surface area (Å²) in [7, 11) is 1.29.